The van der Waals surface area contributed by atoms with Gasteiger partial charge in [0.25, 0.3) is 0 Å². The first-order valence-corrected chi connectivity index (χ1v) is 9.77. The summed E-state index contributed by atoms with van der Waals surface area (Å²) in [5.74, 6) is 1.21. The second-order valence-electron chi connectivity index (χ2n) is 9.22. The topological polar surface area (TPSA) is 38.7 Å². The van der Waals surface area contributed by atoms with Gasteiger partial charge in [-0.15, -0.1) is 0 Å². The molecule has 0 heterocycles. The van der Waals surface area contributed by atoms with Crippen LogP contribution in [0.5, 0.6) is 0 Å². The third kappa shape index (κ3) is 15.2. The van der Waals surface area contributed by atoms with E-state index in [-0.39, 0.29) is 0 Å². The van der Waals surface area contributed by atoms with E-state index in [1.807, 2.05) is 0 Å². The fourth-order valence-electron chi connectivity index (χ4n) is 3.00. The molecule has 0 aliphatic rings. The highest BCUT2D eigenvalue weighted by Crippen LogP contribution is 2.35. The summed E-state index contributed by atoms with van der Waals surface area (Å²) in [6, 6.07) is 0. The molecule has 22 heavy (non-hydrogen) atoms. The van der Waals surface area contributed by atoms with Crippen LogP contribution in [0.25, 0.3) is 0 Å². The van der Waals surface area contributed by atoms with Gasteiger partial charge < -0.3 is 13.9 Å². The van der Waals surface area contributed by atoms with Crippen LogP contribution in [0.15, 0.2) is 0 Å². The highest BCUT2D eigenvalue weighted by atomic mass is 31.2. The summed E-state index contributed by atoms with van der Waals surface area (Å²) in [6.45, 7) is 19.2. The molecule has 0 saturated carbocycles. The Hall–Kier alpha value is 0.310. The molecule has 2 atom stereocenters. The molecule has 0 aromatic heterocycles. The largest absolute Gasteiger partial charge is 0.329 e. The van der Waals surface area contributed by atoms with Crippen molar-refractivity contribution in [3.8, 4) is 0 Å². The summed E-state index contributed by atoms with van der Waals surface area (Å²) in [6.07, 6.45) is 4.29. The van der Waals surface area contributed by atoms with E-state index in [9.17, 15) is 4.89 Å². The van der Waals surface area contributed by atoms with Crippen LogP contribution in [0.4, 0.5) is 0 Å². The quantitative estimate of drug-likeness (QED) is 0.486. The molecule has 3 nitrogen and oxygen atoms in total. The van der Waals surface area contributed by atoms with Crippen molar-refractivity contribution >= 4 is 8.60 Å². The van der Waals surface area contributed by atoms with Gasteiger partial charge in [0.2, 0.25) is 0 Å². The molecule has 0 rings (SSSR count). The summed E-state index contributed by atoms with van der Waals surface area (Å²) in [5, 5.41) is 0. The van der Waals surface area contributed by atoms with E-state index in [2.05, 4.69) is 55.4 Å². The fraction of sp³-hybridized carbons (Fsp3) is 1.00. The van der Waals surface area contributed by atoms with Gasteiger partial charge in [0.05, 0.1) is 13.2 Å². The minimum absolute atomic E-state index is 0.350. The lowest BCUT2D eigenvalue weighted by Gasteiger charge is -2.24. The van der Waals surface area contributed by atoms with Gasteiger partial charge in [-0.05, 0) is 48.3 Å². The maximum absolute atomic E-state index is 9.76. The van der Waals surface area contributed by atoms with Crippen molar-refractivity contribution in [2.24, 2.45) is 22.7 Å². The molecule has 0 fully saturated rings. The van der Waals surface area contributed by atoms with Gasteiger partial charge in [0.1, 0.15) is 0 Å². The molecule has 0 aromatic rings. The van der Waals surface area contributed by atoms with Crippen molar-refractivity contribution in [3.63, 3.8) is 0 Å². The minimum atomic E-state index is -1.71. The minimum Gasteiger partial charge on any atom is -0.328 e. The van der Waals surface area contributed by atoms with E-state index in [0.717, 1.165) is 12.8 Å². The Morgan fingerprint density at radius 3 is 1.36 bits per heavy atom. The van der Waals surface area contributed by atoms with E-state index in [1.165, 1.54) is 12.8 Å². The van der Waals surface area contributed by atoms with Crippen molar-refractivity contribution in [1.29, 1.82) is 0 Å². The van der Waals surface area contributed by atoms with Crippen LogP contribution in [0, 0.1) is 22.7 Å². The molecule has 0 aliphatic heterocycles. The van der Waals surface area contributed by atoms with Gasteiger partial charge in [0, 0.05) is 0 Å². The SMILES string of the molecule is CC(CCOP(O)OCCC(C)CC(C)(C)C)CC(C)(C)C. The Kier molecular flexibility index (Phi) is 10.4. The average molecular weight is 334 g/mol. The molecule has 0 amide bonds. The highest BCUT2D eigenvalue weighted by Gasteiger charge is 2.17. The van der Waals surface area contributed by atoms with E-state index in [0.29, 0.717) is 35.9 Å². The van der Waals surface area contributed by atoms with Crippen molar-refractivity contribution in [2.45, 2.75) is 81.1 Å². The second kappa shape index (κ2) is 10.2. The first kappa shape index (κ1) is 22.3. The third-order valence-electron chi connectivity index (χ3n) is 3.55. The highest BCUT2D eigenvalue weighted by molar-refractivity contribution is 7.40. The van der Waals surface area contributed by atoms with E-state index in [4.69, 9.17) is 9.05 Å². The molecular formula is C18H39O3P. The summed E-state index contributed by atoms with van der Waals surface area (Å²) in [7, 11) is -1.71. The zero-order valence-electron chi connectivity index (χ0n) is 16.1. The Morgan fingerprint density at radius 1 is 0.773 bits per heavy atom. The Bertz CT molecular complexity index is 253. The molecule has 0 aromatic carbocycles. The molecule has 0 saturated heterocycles. The van der Waals surface area contributed by atoms with Crippen LogP contribution >= 0.6 is 8.60 Å². The lowest BCUT2D eigenvalue weighted by atomic mass is 9.84. The van der Waals surface area contributed by atoms with Gasteiger partial charge in [-0.2, -0.15) is 0 Å². The van der Waals surface area contributed by atoms with Crippen LogP contribution in [0.2, 0.25) is 0 Å². The Balaban J connectivity index is 3.68. The lowest BCUT2D eigenvalue weighted by Crippen LogP contribution is -2.13. The lowest BCUT2D eigenvalue weighted by molar-refractivity contribution is 0.170. The van der Waals surface area contributed by atoms with Crippen LogP contribution in [0.1, 0.15) is 81.1 Å². The Labute approximate surface area is 140 Å². The number of rotatable bonds is 10. The van der Waals surface area contributed by atoms with Crippen LogP contribution in [-0.2, 0) is 9.05 Å². The van der Waals surface area contributed by atoms with Crippen molar-refractivity contribution in [1.82, 2.24) is 0 Å². The smallest absolute Gasteiger partial charge is 0.328 e. The van der Waals surface area contributed by atoms with Crippen LogP contribution < -0.4 is 0 Å². The molecule has 4 heteroatoms. The first-order chi connectivity index (χ1) is 9.89. The maximum Gasteiger partial charge on any atom is 0.329 e. The van der Waals surface area contributed by atoms with Crippen molar-refractivity contribution < 1.29 is 13.9 Å². The van der Waals surface area contributed by atoms with Gasteiger partial charge in [0.15, 0.2) is 0 Å². The van der Waals surface area contributed by atoms with Crippen LogP contribution in [-0.4, -0.2) is 18.1 Å². The molecule has 0 radical (unpaired) electrons. The summed E-state index contributed by atoms with van der Waals surface area (Å²) >= 11 is 0. The number of hydrogen-bond donors (Lipinski definition) is 1. The third-order valence-corrected chi connectivity index (χ3v) is 4.35. The predicted octanol–water partition coefficient (Wildman–Crippen LogP) is 6.16. The molecule has 2 unspecified atom stereocenters. The fourth-order valence-corrected chi connectivity index (χ4v) is 3.59. The second-order valence-corrected chi connectivity index (χ2v) is 10.2. The van der Waals surface area contributed by atoms with Gasteiger partial charge >= 0.3 is 8.60 Å². The van der Waals surface area contributed by atoms with Gasteiger partial charge in [-0.3, -0.25) is 0 Å². The van der Waals surface area contributed by atoms with Gasteiger partial charge in [-0.25, -0.2) is 0 Å². The standard InChI is InChI=1S/C18H39O3P/c1-15(13-17(3,4)5)9-11-20-22(19)21-12-10-16(2)14-18(6,7)8/h15-16,19H,9-14H2,1-8H3. The zero-order chi connectivity index (χ0) is 17.4. The van der Waals surface area contributed by atoms with Gasteiger partial charge in [-0.1, -0.05) is 55.4 Å². The molecule has 134 valence electrons. The number of hydrogen-bond acceptors (Lipinski definition) is 3. The summed E-state index contributed by atoms with van der Waals surface area (Å²) in [5.41, 5.74) is 0.701. The molecule has 0 bridgehead atoms. The van der Waals surface area contributed by atoms with E-state index in [1.54, 1.807) is 0 Å². The molecule has 1 N–H and O–H groups in total. The first-order valence-electron chi connectivity index (χ1n) is 8.64. The van der Waals surface area contributed by atoms with Crippen molar-refractivity contribution in [3.05, 3.63) is 0 Å². The Morgan fingerprint density at radius 2 is 1.09 bits per heavy atom. The van der Waals surface area contributed by atoms with E-state index >= 15 is 0 Å². The summed E-state index contributed by atoms with van der Waals surface area (Å²) < 4.78 is 10.8. The summed E-state index contributed by atoms with van der Waals surface area (Å²) in [4.78, 5) is 9.76. The van der Waals surface area contributed by atoms with Crippen molar-refractivity contribution in [2.75, 3.05) is 13.2 Å². The average Bonchev–Trinajstić information content (AvgIpc) is 2.23. The van der Waals surface area contributed by atoms with E-state index < -0.39 is 8.60 Å². The molecular weight excluding hydrogens is 295 g/mol. The normalized spacial score (nSPS) is 17.3. The zero-order valence-corrected chi connectivity index (χ0v) is 17.0. The predicted molar refractivity (Wildman–Crippen MR) is 96.7 cm³/mol. The molecule has 0 spiro atoms. The van der Waals surface area contributed by atoms with Crippen LogP contribution in [0.3, 0.4) is 0 Å². The maximum atomic E-state index is 9.76. The molecule has 0 aliphatic carbocycles. The monoisotopic (exact) mass is 334 g/mol.